The summed E-state index contributed by atoms with van der Waals surface area (Å²) in [5.41, 5.74) is 0.153. The van der Waals surface area contributed by atoms with Gasteiger partial charge in [-0.3, -0.25) is 0 Å². The van der Waals surface area contributed by atoms with Gasteiger partial charge in [-0.15, -0.1) is 11.6 Å². The summed E-state index contributed by atoms with van der Waals surface area (Å²) < 4.78 is 6.36. The van der Waals surface area contributed by atoms with E-state index in [0.29, 0.717) is 0 Å². The monoisotopic (exact) mass is 278 g/mol. The van der Waals surface area contributed by atoms with Gasteiger partial charge in [0.2, 0.25) is 0 Å². The second-order valence-electron chi connectivity index (χ2n) is 4.56. The maximum atomic E-state index is 6.27. The van der Waals surface area contributed by atoms with Crippen molar-refractivity contribution in [2.24, 2.45) is 5.41 Å². The van der Waals surface area contributed by atoms with E-state index in [1.165, 1.54) is 0 Å². The van der Waals surface area contributed by atoms with Gasteiger partial charge in [0.1, 0.15) is 5.76 Å². The first-order chi connectivity index (χ1) is 6.41. The lowest BCUT2D eigenvalue weighted by atomic mass is 9.89. The smallest absolute Gasteiger partial charge is 0.117 e. The van der Waals surface area contributed by atoms with E-state index in [-0.39, 0.29) is 10.8 Å². The van der Waals surface area contributed by atoms with Gasteiger partial charge < -0.3 is 4.42 Å². The zero-order valence-electron chi connectivity index (χ0n) is 8.81. The molecule has 0 fully saturated rings. The number of rotatable bonds is 3. The molecule has 0 spiro atoms. The number of aryl methyl sites for hydroxylation is 1. The summed E-state index contributed by atoms with van der Waals surface area (Å²) in [4.78, 5) is 0. The third-order valence-corrected chi connectivity index (χ3v) is 3.84. The lowest BCUT2D eigenvalue weighted by Crippen LogP contribution is -2.21. The average Bonchev–Trinajstić information content (AvgIpc) is 2.45. The Bertz CT molecular complexity index is 288. The summed E-state index contributed by atoms with van der Waals surface area (Å²) in [5, 5.41) is 0.180. The lowest BCUT2D eigenvalue weighted by Gasteiger charge is -2.24. The normalized spacial score (nSPS) is 14.4. The standard InChI is InChI=1S/C11H16BrClO/c1-11(2,3)10(13)5-4-9-8(12)6-7-14-9/h6-7,10H,4-5H2,1-3H3. The molecule has 80 valence electrons. The number of alkyl halides is 1. The highest BCUT2D eigenvalue weighted by Gasteiger charge is 2.22. The Morgan fingerprint density at radius 3 is 2.57 bits per heavy atom. The Hall–Kier alpha value is 0.0500. The fraction of sp³-hybridized carbons (Fsp3) is 0.636. The van der Waals surface area contributed by atoms with Crippen molar-refractivity contribution in [3.63, 3.8) is 0 Å². The van der Waals surface area contributed by atoms with E-state index in [1.807, 2.05) is 6.07 Å². The van der Waals surface area contributed by atoms with Crippen LogP contribution in [0.5, 0.6) is 0 Å². The molecule has 0 aromatic carbocycles. The molecule has 3 heteroatoms. The maximum Gasteiger partial charge on any atom is 0.117 e. The highest BCUT2D eigenvalue weighted by atomic mass is 79.9. The van der Waals surface area contributed by atoms with Gasteiger partial charge in [-0.25, -0.2) is 0 Å². The van der Waals surface area contributed by atoms with Gasteiger partial charge in [0.05, 0.1) is 10.7 Å². The summed E-state index contributed by atoms with van der Waals surface area (Å²) in [6.45, 7) is 6.46. The molecular formula is C11H16BrClO. The van der Waals surface area contributed by atoms with Crippen LogP contribution >= 0.6 is 27.5 Å². The molecule has 0 aliphatic rings. The first-order valence-electron chi connectivity index (χ1n) is 4.77. The molecular weight excluding hydrogens is 263 g/mol. The van der Waals surface area contributed by atoms with Crippen LogP contribution in [0.25, 0.3) is 0 Å². The highest BCUT2D eigenvalue weighted by molar-refractivity contribution is 9.10. The van der Waals surface area contributed by atoms with Crippen LogP contribution in [0.4, 0.5) is 0 Å². The van der Waals surface area contributed by atoms with Crippen molar-refractivity contribution in [1.82, 2.24) is 0 Å². The van der Waals surface area contributed by atoms with Crippen LogP contribution < -0.4 is 0 Å². The van der Waals surface area contributed by atoms with Crippen LogP contribution in [0.15, 0.2) is 21.2 Å². The molecule has 1 aromatic heterocycles. The molecule has 0 radical (unpaired) electrons. The Labute approximate surface area is 99.0 Å². The first-order valence-corrected chi connectivity index (χ1v) is 6.00. The molecule has 0 saturated carbocycles. The summed E-state index contributed by atoms with van der Waals surface area (Å²) in [5.74, 6) is 0.986. The summed E-state index contributed by atoms with van der Waals surface area (Å²) >= 11 is 9.70. The molecule has 0 aliphatic heterocycles. The molecule has 0 bridgehead atoms. The van der Waals surface area contributed by atoms with Crippen molar-refractivity contribution in [3.8, 4) is 0 Å². The molecule has 1 aromatic rings. The molecule has 1 heterocycles. The molecule has 0 saturated heterocycles. The number of furan rings is 1. The van der Waals surface area contributed by atoms with E-state index in [4.69, 9.17) is 16.0 Å². The second-order valence-corrected chi connectivity index (χ2v) is 5.95. The first kappa shape index (κ1) is 12.1. The van der Waals surface area contributed by atoms with Gasteiger partial charge >= 0.3 is 0 Å². The fourth-order valence-electron chi connectivity index (χ4n) is 1.19. The van der Waals surface area contributed by atoms with E-state index in [9.17, 15) is 0 Å². The third-order valence-electron chi connectivity index (χ3n) is 2.26. The van der Waals surface area contributed by atoms with Crippen LogP contribution in [-0.2, 0) is 6.42 Å². The Morgan fingerprint density at radius 1 is 1.50 bits per heavy atom. The fourth-order valence-corrected chi connectivity index (χ4v) is 1.70. The van der Waals surface area contributed by atoms with Crippen LogP contribution in [0, 0.1) is 5.41 Å². The number of halogens is 2. The second kappa shape index (κ2) is 4.71. The van der Waals surface area contributed by atoms with E-state index < -0.39 is 0 Å². The van der Waals surface area contributed by atoms with Gasteiger partial charge in [-0.05, 0) is 33.8 Å². The molecule has 14 heavy (non-hydrogen) atoms. The van der Waals surface area contributed by atoms with Crippen molar-refractivity contribution >= 4 is 27.5 Å². The Kier molecular flexibility index (Phi) is 4.08. The van der Waals surface area contributed by atoms with Gasteiger partial charge in [0.25, 0.3) is 0 Å². The van der Waals surface area contributed by atoms with Crippen LogP contribution in [0.3, 0.4) is 0 Å². The Morgan fingerprint density at radius 2 is 2.14 bits per heavy atom. The molecule has 1 unspecified atom stereocenters. The van der Waals surface area contributed by atoms with Crippen LogP contribution in [0.2, 0.25) is 0 Å². The predicted octanol–water partition coefficient (Wildman–Crippen LogP) is 4.63. The van der Waals surface area contributed by atoms with E-state index in [0.717, 1.165) is 23.1 Å². The SMILES string of the molecule is CC(C)(C)C(Cl)CCc1occc1Br. The van der Waals surface area contributed by atoms with Crippen molar-refractivity contribution in [3.05, 3.63) is 22.6 Å². The van der Waals surface area contributed by atoms with Gasteiger partial charge in [0.15, 0.2) is 0 Å². The molecule has 1 nitrogen and oxygen atoms in total. The largest absolute Gasteiger partial charge is 0.468 e. The van der Waals surface area contributed by atoms with Crippen LogP contribution in [0.1, 0.15) is 33.0 Å². The predicted molar refractivity (Wildman–Crippen MR) is 63.8 cm³/mol. The summed E-state index contributed by atoms with van der Waals surface area (Å²) in [6, 6.07) is 1.91. The zero-order valence-corrected chi connectivity index (χ0v) is 11.2. The minimum atomic E-state index is 0.153. The Balaban J connectivity index is 2.46. The third kappa shape index (κ3) is 3.32. The summed E-state index contributed by atoms with van der Waals surface area (Å²) in [7, 11) is 0. The average molecular weight is 280 g/mol. The minimum absolute atomic E-state index is 0.153. The minimum Gasteiger partial charge on any atom is -0.468 e. The topological polar surface area (TPSA) is 13.1 Å². The molecule has 0 aliphatic carbocycles. The van der Waals surface area contributed by atoms with E-state index in [2.05, 4.69) is 36.7 Å². The van der Waals surface area contributed by atoms with E-state index >= 15 is 0 Å². The van der Waals surface area contributed by atoms with Crippen molar-refractivity contribution in [2.45, 2.75) is 39.0 Å². The molecule has 0 N–H and O–H groups in total. The van der Waals surface area contributed by atoms with Crippen molar-refractivity contribution in [1.29, 1.82) is 0 Å². The zero-order chi connectivity index (χ0) is 10.8. The van der Waals surface area contributed by atoms with Gasteiger partial charge in [-0.2, -0.15) is 0 Å². The van der Waals surface area contributed by atoms with E-state index in [1.54, 1.807) is 6.26 Å². The molecule has 1 rings (SSSR count). The summed E-state index contributed by atoms with van der Waals surface area (Å²) in [6.07, 6.45) is 3.52. The number of hydrogen-bond donors (Lipinski definition) is 0. The maximum absolute atomic E-state index is 6.27. The number of hydrogen-bond acceptors (Lipinski definition) is 1. The molecule has 1 atom stereocenters. The van der Waals surface area contributed by atoms with Crippen molar-refractivity contribution in [2.75, 3.05) is 0 Å². The van der Waals surface area contributed by atoms with Crippen LogP contribution in [-0.4, -0.2) is 5.38 Å². The highest BCUT2D eigenvalue weighted by Crippen LogP contribution is 2.29. The molecule has 0 amide bonds. The quantitative estimate of drug-likeness (QED) is 0.735. The van der Waals surface area contributed by atoms with Gasteiger partial charge in [-0.1, -0.05) is 20.8 Å². The van der Waals surface area contributed by atoms with Gasteiger partial charge in [0, 0.05) is 11.8 Å². The van der Waals surface area contributed by atoms with Crippen molar-refractivity contribution < 1.29 is 4.42 Å². The lowest BCUT2D eigenvalue weighted by molar-refractivity contribution is 0.365.